The van der Waals surface area contributed by atoms with Crippen molar-refractivity contribution in [3.63, 3.8) is 0 Å². The minimum absolute atomic E-state index is 0.0837. The number of ether oxygens (including phenoxy) is 1. The number of carbonyl (C=O) groups is 1. The van der Waals surface area contributed by atoms with E-state index in [4.69, 9.17) is 9.84 Å². The van der Waals surface area contributed by atoms with Gasteiger partial charge in [0.05, 0.1) is 4.92 Å². The SMILES string of the molecule is O=C(O)c1ccc(COc2ccc(Br)cc2[N+](=O)[O-])s1. The number of aromatic carboxylic acids is 1. The number of rotatable bonds is 5. The molecular formula is C12H8BrNO5S. The molecule has 104 valence electrons. The number of nitrogens with zero attached hydrogens (tertiary/aromatic N) is 1. The number of hydrogen-bond acceptors (Lipinski definition) is 5. The third kappa shape index (κ3) is 3.34. The van der Waals surface area contributed by atoms with E-state index in [1.54, 1.807) is 12.1 Å². The highest BCUT2D eigenvalue weighted by atomic mass is 79.9. The molecule has 1 heterocycles. The van der Waals surface area contributed by atoms with Gasteiger partial charge in [-0.1, -0.05) is 15.9 Å². The van der Waals surface area contributed by atoms with E-state index in [9.17, 15) is 14.9 Å². The molecule has 0 spiro atoms. The van der Waals surface area contributed by atoms with Crippen molar-refractivity contribution >= 4 is 38.9 Å². The lowest BCUT2D eigenvalue weighted by Gasteiger charge is -2.05. The van der Waals surface area contributed by atoms with Crippen molar-refractivity contribution < 1.29 is 19.6 Å². The number of carboxylic acid groups (broad SMARTS) is 1. The van der Waals surface area contributed by atoms with Gasteiger partial charge in [-0.3, -0.25) is 10.1 Å². The van der Waals surface area contributed by atoms with Crippen LogP contribution in [0.1, 0.15) is 14.5 Å². The largest absolute Gasteiger partial charge is 0.481 e. The van der Waals surface area contributed by atoms with Crippen LogP contribution in [0.4, 0.5) is 5.69 Å². The van der Waals surface area contributed by atoms with Gasteiger partial charge in [0.2, 0.25) is 0 Å². The normalized spacial score (nSPS) is 10.2. The van der Waals surface area contributed by atoms with Crippen LogP contribution in [0.15, 0.2) is 34.8 Å². The number of nitro groups is 1. The lowest BCUT2D eigenvalue weighted by Crippen LogP contribution is -1.97. The molecule has 6 nitrogen and oxygen atoms in total. The molecule has 0 amide bonds. The third-order valence-corrected chi connectivity index (χ3v) is 3.90. The Labute approximate surface area is 125 Å². The first-order valence-electron chi connectivity index (χ1n) is 5.36. The molecular weight excluding hydrogens is 350 g/mol. The van der Waals surface area contributed by atoms with Gasteiger partial charge in [-0.05, 0) is 24.3 Å². The van der Waals surface area contributed by atoms with Crippen LogP contribution in [0.2, 0.25) is 0 Å². The molecule has 2 rings (SSSR count). The quantitative estimate of drug-likeness (QED) is 0.650. The van der Waals surface area contributed by atoms with Crippen LogP contribution in [-0.4, -0.2) is 16.0 Å². The van der Waals surface area contributed by atoms with Crippen LogP contribution in [0.3, 0.4) is 0 Å². The Bertz CT molecular complexity index is 670. The smallest absolute Gasteiger partial charge is 0.345 e. The van der Waals surface area contributed by atoms with Crippen molar-refractivity contribution in [3.8, 4) is 5.75 Å². The van der Waals surface area contributed by atoms with Crippen molar-refractivity contribution in [1.29, 1.82) is 0 Å². The first-order valence-corrected chi connectivity index (χ1v) is 6.97. The molecule has 2 aromatic rings. The van der Waals surface area contributed by atoms with Gasteiger partial charge in [0.15, 0.2) is 5.75 Å². The summed E-state index contributed by atoms with van der Waals surface area (Å²) in [4.78, 5) is 22.0. The Morgan fingerprint density at radius 1 is 1.40 bits per heavy atom. The maximum Gasteiger partial charge on any atom is 0.345 e. The summed E-state index contributed by atoms with van der Waals surface area (Å²) >= 11 is 4.23. The molecule has 1 aromatic heterocycles. The Balaban J connectivity index is 2.14. The zero-order valence-electron chi connectivity index (χ0n) is 9.91. The van der Waals surface area contributed by atoms with Crippen LogP contribution < -0.4 is 4.74 Å². The van der Waals surface area contributed by atoms with E-state index in [2.05, 4.69) is 15.9 Å². The fourth-order valence-corrected chi connectivity index (χ4v) is 2.58. The lowest BCUT2D eigenvalue weighted by molar-refractivity contribution is -0.386. The summed E-state index contributed by atoms with van der Waals surface area (Å²) in [5.41, 5.74) is -0.144. The summed E-state index contributed by atoms with van der Waals surface area (Å²) in [5.74, 6) is -0.862. The van der Waals surface area contributed by atoms with E-state index < -0.39 is 10.9 Å². The lowest BCUT2D eigenvalue weighted by atomic mass is 10.3. The average molecular weight is 358 g/mol. The van der Waals surface area contributed by atoms with E-state index in [0.29, 0.717) is 9.35 Å². The van der Waals surface area contributed by atoms with Crippen molar-refractivity contribution in [3.05, 3.63) is 54.7 Å². The minimum atomic E-state index is -1.00. The molecule has 0 radical (unpaired) electrons. The molecule has 0 saturated heterocycles. The zero-order chi connectivity index (χ0) is 14.7. The highest BCUT2D eigenvalue weighted by molar-refractivity contribution is 9.10. The molecule has 0 bridgehead atoms. The van der Waals surface area contributed by atoms with Crippen LogP contribution in [-0.2, 0) is 6.61 Å². The maximum atomic E-state index is 10.9. The predicted molar refractivity (Wildman–Crippen MR) is 76.4 cm³/mol. The molecule has 0 fully saturated rings. The van der Waals surface area contributed by atoms with Gasteiger partial charge in [-0.15, -0.1) is 11.3 Å². The van der Waals surface area contributed by atoms with Crippen molar-refractivity contribution in [2.24, 2.45) is 0 Å². The van der Waals surface area contributed by atoms with Gasteiger partial charge in [-0.25, -0.2) is 4.79 Å². The van der Waals surface area contributed by atoms with Crippen molar-refractivity contribution in [2.45, 2.75) is 6.61 Å². The predicted octanol–water partition coefficient (Wildman–Crippen LogP) is 3.70. The van der Waals surface area contributed by atoms with Crippen molar-refractivity contribution in [1.82, 2.24) is 0 Å². The summed E-state index contributed by atoms with van der Waals surface area (Å²) in [6.45, 7) is 0.0837. The van der Waals surface area contributed by atoms with E-state index >= 15 is 0 Å². The van der Waals surface area contributed by atoms with Gasteiger partial charge >= 0.3 is 11.7 Å². The van der Waals surface area contributed by atoms with Crippen LogP contribution in [0.25, 0.3) is 0 Å². The average Bonchev–Trinajstić information content (AvgIpc) is 2.86. The molecule has 8 heteroatoms. The topological polar surface area (TPSA) is 89.7 Å². The van der Waals surface area contributed by atoms with E-state index in [1.807, 2.05) is 0 Å². The Hall–Kier alpha value is -1.93. The first-order chi connectivity index (χ1) is 9.47. The highest BCUT2D eigenvalue weighted by Crippen LogP contribution is 2.31. The standard InChI is InChI=1S/C12H8BrNO5S/c13-7-1-3-10(9(5-7)14(17)18)19-6-8-2-4-11(20-8)12(15)16/h1-5H,6H2,(H,15,16). The van der Waals surface area contributed by atoms with Crippen LogP contribution in [0.5, 0.6) is 5.75 Å². The van der Waals surface area contributed by atoms with Gasteiger partial charge in [0, 0.05) is 15.4 Å². The third-order valence-electron chi connectivity index (χ3n) is 2.36. The molecule has 0 unspecified atom stereocenters. The molecule has 0 aliphatic carbocycles. The number of hydrogen-bond donors (Lipinski definition) is 1. The second-order valence-electron chi connectivity index (χ2n) is 3.73. The van der Waals surface area contributed by atoms with Crippen LogP contribution in [0, 0.1) is 10.1 Å². The number of nitro benzene ring substituents is 1. The molecule has 20 heavy (non-hydrogen) atoms. The molecule has 0 aliphatic rings. The fraction of sp³-hybridized carbons (Fsp3) is 0.0833. The monoisotopic (exact) mass is 357 g/mol. The second-order valence-corrected chi connectivity index (χ2v) is 5.81. The van der Waals surface area contributed by atoms with E-state index in [0.717, 1.165) is 11.3 Å². The summed E-state index contributed by atoms with van der Waals surface area (Å²) in [7, 11) is 0. The highest BCUT2D eigenvalue weighted by Gasteiger charge is 2.16. The first kappa shape index (κ1) is 14.5. The molecule has 1 N–H and O–H groups in total. The van der Waals surface area contributed by atoms with E-state index in [1.165, 1.54) is 18.2 Å². The summed E-state index contributed by atoms with van der Waals surface area (Å²) in [6.07, 6.45) is 0. The Morgan fingerprint density at radius 2 is 2.15 bits per heavy atom. The second kappa shape index (κ2) is 6.02. The summed E-state index contributed by atoms with van der Waals surface area (Å²) in [6, 6.07) is 7.58. The van der Waals surface area contributed by atoms with Gasteiger partial charge in [0.25, 0.3) is 0 Å². The minimum Gasteiger partial charge on any atom is -0.481 e. The molecule has 1 aromatic carbocycles. The Kier molecular flexibility index (Phi) is 4.35. The number of benzene rings is 1. The van der Waals surface area contributed by atoms with Gasteiger partial charge in [-0.2, -0.15) is 0 Å². The summed E-state index contributed by atoms with van der Waals surface area (Å²) in [5, 5.41) is 19.7. The molecule has 0 saturated carbocycles. The van der Waals surface area contributed by atoms with E-state index in [-0.39, 0.29) is 22.9 Å². The zero-order valence-corrected chi connectivity index (χ0v) is 12.3. The van der Waals surface area contributed by atoms with Crippen LogP contribution >= 0.6 is 27.3 Å². The number of halogens is 1. The number of carboxylic acids is 1. The van der Waals surface area contributed by atoms with Crippen molar-refractivity contribution in [2.75, 3.05) is 0 Å². The molecule has 0 aliphatic heterocycles. The van der Waals surface area contributed by atoms with Gasteiger partial charge < -0.3 is 9.84 Å². The summed E-state index contributed by atoms with van der Waals surface area (Å²) < 4.78 is 5.97. The van der Waals surface area contributed by atoms with Gasteiger partial charge in [0.1, 0.15) is 11.5 Å². The maximum absolute atomic E-state index is 10.9. The molecule has 0 atom stereocenters. The number of thiophene rings is 1. The Morgan fingerprint density at radius 3 is 2.75 bits per heavy atom. The fourth-order valence-electron chi connectivity index (χ4n) is 1.47.